The lowest BCUT2D eigenvalue weighted by molar-refractivity contribution is -0.146. The number of aromatic nitrogens is 1. The molecule has 0 spiro atoms. The Labute approximate surface area is 219 Å². The van der Waals surface area contributed by atoms with Crippen molar-refractivity contribution < 1.29 is 9.53 Å². The van der Waals surface area contributed by atoms with Crippen LogP contribution in [0.25, 0.3) is 10.9 Å². The van der Waals surface area contributed by atoms with Crippen molar-refractivity contribution in [2.45, 2.75) is 11.5 Å². The lowest BCUT2D eigenvalue weighted by Gasteiger charge is -2.40. The van der Waals surface area contributed by atoms with Crippen molar-refractivity contribution in [3.05, 3.63) is 137 Å². The van der Waals surface area contributed by atoms with Crippen molar-refractivity contribution in [2.24, 2.45) is 7.05 Å². The van der Waals surface area contributed by atoms with E-state index < -0.39 is 11.5 Å². The van der Waals surface area contributed by atoms with Crippen LogP contribution >= 0.6 is 15.9 Å². The van der Waals surface area contributed by atoms with Crippen molar-refractivity contribution in [3.63, 3.8) is 0 Å². The summed E-state index contributed by atoms with van der Waals surface area (Å²) in [5, 5.41) is 4.71. The molecular weight excluding hydrogens is 512 g/mol. The number of fused-ring (bicyclic) bond motifs is 1. The van der Waals surface area contributed by atoms with Gasteiger partial charge in [-0.25, -0.2) is 0 Å². The molecule has 0 saturated heterocycles. The van der Waals surface area contributed by atoms with E-state index in [1.54, 1.807) is 0 Å². The second-order valence-electron chi connectivity index (χ2n) is 8.83. The number of carbonyl (C=O) groups is 1. The average molecular weight is 539 g/mol. The topological polar surface area (TPSA) is 43.3 Å². The number of methoxy groups -OCH3 is 1. The van der Waals surface area contributed by atoms with Crippen LogP contribution in [0.2, 0.25) is 0 Å². The fraction of sp³-hybridized carbons (Fsp3) is 0.129. The summed E-state index contributed by atoms with van der Waals surface area (Å²) in [7, 11) is 3.47. The van der Waals surface area contributed by atoms with Crippen LogP contribution in [0.5, 0.6) is 0 Å². The van der Waals surface area contributed by atoms with Gasteiger partial charge in [-0.2, -0.15) is 0 Å². The number of anilines is 1. The second kappa shape index (κ2) is 10.0. The van der Waals surface area contributed by atoms with Gasteiger partial charge in [0, 0.05) is 39.9 Å². The Morgan fingerprint density at radius 2 is 1.50 bits per heavy atom. The second-order valence-corrected chi connectivity index (χ2v) is 9.75. The fourth-order valence-electron chi connectivity index (χ4n) is 5.14. The first-order valence-corrected chi connectivity index (χ1v) is 12.6. The van der Waals surface area contributed by atoms with E-state index in [9.17, 15) is 4.79 Å². The number of carbonyl (C=O) groups excluding carboxylic acids is 1. The lowest BCUT2D eigenvalue weighted by atomic mass is 9.66. The van der Waals surface area contributed by atoms with Crippen LogP contribution in [-0.4, -0.2) is 17.6 Å². The molecule has 0 radical (unpaired) electrons. The van der Waals surface area contributed by atoms with Gasteiger partial charge in [0.05, 0.1) is 13.2 Å². The Bertz CT molecular complexity index is 1480. The van der Waals surface area contributed by atoms with Gasteiger partial charge in [-0.3, -0.25) is 4.79 Å². The maximum atomic E-state index is 14.3. The van der Waals surface area contributed by atoms with E-state index in [0.717, 1.165) is 37.8 Å². The average Bonchev–Trinajstić information content (AvgIpc) is 3.25. The number of halogens is 1. The largest absolute Gasteiger partial charge is 0.468 e. The summed E-state index contributed by atoms with van der Waals surface area (Å²) in [4.78, 5) is 14.3. The van der Waals surface area contributed by atoms with Crippen molar-refractivity contribution in [1.29, 1.82) is 0 Å². The first kappa shape index (κ1) is 23.9. The van der Waals surface area contributed by atoms with Gasteiger partial charge in [0.25, 0.3) is 0 Å². The molecule has 5 heteroatoms. The Balaban J connectivity index is 1.90. The standard InChI is InChI=1S/C31H27BrN2O2/c1-34-21-27(26-19-18-24(32)20-28(26)34)31(30(35)36-2,23-14-8-4-9-15-23)29(22-12-6-3-7-13-22)33-25-16-10-5-11-17-25/h3-21,29,33H,1-2H3/t29-,31-/m1/s1. The number of rotatable bonds is 7. The molecule has 0 unspecified atom stereocenters. The molecule has 0 aliphatic rings. The number of ether oxygens (including phenoxy) is 1. The SMILES string of the molecule is COC(=O)[C@](c1ccccc1)(c1cn(C)c2cc(Br)ccc12)[C@H](Nc1ccccc1)c1ccccc1. The minimum atomic E-state index is -1.19. The molecule has 0 amide bonds. The number of para-hydroxylation sites is 1. The van der Waals surface area contributed by atoms with Crippen LogP contribution in [0, 0.1) is 0 Å². The van der Waals surface area contributed by atoms with Crippen LogP contribution in [0.3, 0.4) is 0 Å². The van der Waals surface area contributed by atoms with Crippen LogP contribution in [0.1, 0.15) is 22.7 Å². The summed E-state index contributed by atoms with van der Waals surface area (Å²) in [6, 6.07) is 35.7. The summed E-state index contributed by atoms with van der Waals surface area (Å²) in [5.41, 5.74) is 3.45. The van der Waals surface area contributed by atoms with E-state index in [2.05, 4.69) is 56.3 Å². The Kier molecular flexibility index (Phi) is 6.66. The predicted octanol–water partition coefficient (Wildman–Crippen LogP) is 7.25. The maximum absolute atomic E-state index is 14.3. The predicted molar refractivity (Wildman–Crippen MR) is 149 cm³/mol. The van der Waals surface area contributed by atoms with Crippen LogP contribution in [0.15, 0.2) is 120 Å². The highest BCUT2D eigenvalue weighted by Crippen LogP contribution is 2.49. The van der Waals surface area contributed by atoms with Crippen molar-refractivity contribution in [2.75, 3.05) is 12.4 Å². The van der Waals surface area contributed by atoms with Gasteiger partial charge in [-0.15, -0.1) is 0 Å². The Morgan fingerprint density at radius 1 is 0.889 bits per heavy atom. The molecule has 180 valence electrons. The highest BCUT2D eigenvalue weighted by Gasteiger charge is 2.52. The first-order valence-electron chi connectivity index (χ1n) is 11.8. The Hall–Kier alpha value is -3.83. The van der Waals surface area contributed by atoms with Crippen molar-refractivity contribution >= 4 is 38.5 Å². The molecule has 1 heterocycles. The summed E-state index contributed by atoms with van der Waals surface area (Å²) in [5.74, 6) is -0.332. The van der Waals surface area contributed by atoms with Gasteiger partial charge in [-0.05, 0) is 35.4 Å². The zero-order chi connectivity index (χ0) is 25.1. The molecule has 0 saturated carbocycles. The lowest BCUT2D eigenvalue weighted by Crippen LogP contribution is -2.46. The number of benzene rings is 4. The molecule has 1 N–H and O–H groups in total. The van der Waals surface area contributed by atoms with Gasteiger partial charge >= 0.3 is 5.97 Å². The Morgan fingerprint density at radius 3 is 2.14 bits per heavy atom. The molecule has 5 aromatic rings. The van der Waals surface area contributed by atoms with Crippen molar-refractivity contribution in [1.82, 2.24) is 4.57 Å². The van der Waals surface area contributed by atoms with Gasteiger partial charge < -0.3 is 14.6 Å². The summed E-state index contributed by atoms with van der Waals surface area (Å²) >= 11 is 3.61. The van der Waals surface area contributed by atoms with E-state index in [4.69, 9.17) is 4.74 Å². The minimum absolute atomic E-state index is 0.332. The summed E-state index contributed by atoms with van der Waals surface area (Å²) in [6.45, 7) is 0. The quantitative estimate of drug-likeness (QED) is 0.222. The fourth-order valence-corrected chi connectivity index (χ4v) is 5.49. The van der Waals surface area contributed by atoms with E-state index in [1.165, 1.54) is 7.11 Å². The van der Waals surface area contributed by atoms with Gasteiger partial charge in [0.15, 0.2) is 0 Å². The molecule has 0 fully saturated rings. The maximum Gasteiger partial charge on any atom is 0.323 e. The highest BCUT2D eigenvalue weighted by molar-refractivity contribution is 9.10. The number of hydrogen-bond donors (Lipinski definition) is 1. The van der Waals surface area contributed by atoms with Crippen LogP contribution in [-0.2, 0) is 22.0 Å². The molecule has 4 aromatic carbocycles. The third-order valence-corrected chi connectivity index (χ3v) is 7.26. The molecule has 1 aromatic heterocycles. The van der Waals surface area contributed by atoms with E-state index in [-0.39, 0.29) is 5.97 Å². The molecule has 0 bridgehead atoms. The van der Waals surface area contributed by atoms with Gasteiger partial charge in [-0.1, -0.05) is 101 Å². The van der Waals surface area contributed by atoms with Crippen LogP contribution in [0.4, 0.5) is 5.69 Å². The van der Waals surface area contributed by atoms with Gasteiger partial charge in [0.2, 0.25) is 0 Å². The van der Waals surface area contributed by atoms with Crippen molar-refractivity contribution in [3.8, 4) is 0 Å². The summed E-state index contributed by atoms with van der Waals surface area (Å²) < 4.78 is 8.70. The molecule has 5 rings (SSSR count). The number of nitrogens with zero attached hydrogens (tertiary/aromatic N) is 1. The molecule has 0 aliphatic heterocycles. The molecule has 0 aliphatic carbocycles. The number of esters is 1. The van der Waals surface area contributed by atoms with Crippen LogP contribution < -0.4 is 5.32 Å². The normalized spacial score (nSPS) is 13.6. The summed E-state index contributed by atoms with van der Waals surface area (Å²) in [6.07, 6.45) is 2.06. The highest BCUT2D eigenvalue weighted by atomic mass is 79.9. The monoisotopic (exact) mass is 538 g/mol. The third kappa shape index (κ3) is 4.10. The number of nitrogens with one attached hydrogen (secondary N) is 1. The first-order chi connectivity index (χ1) is 17.6. The van der Waals surface area contributed by atoms with Gasteiger partial charge in [0.1, 0.15) is 5.41 Å². The molecule has 2 atom stereocenters. The smallest absolute Gasteiger partial charge is 0.323 e. The van der Waals surface area contributed by atoms with E-state index in [1.807, 2.05) is 92.0 Å². The molecule has 4 nitrogen and oxygen atoms in total. The number of aryl methyl sites for hydroxylation is 1. The molecule has 36 heavy (non-hydrogen) atoms. The third-order valence-electron chi connectivity index (χ3n) is 6.76. The van der Waals surface area contributed by atoms with E-state index in [0.29, 0.717) is 0 Å². The zero-order valence-electron chi connectivity index (χ0n) is 20.2. The number of hydrogen-bond acceptors (Lipinski definition) is 3. The molecular formula is C31H27BrN2O2. The van der Waals surface area contributed by atoms with E-state index >= 15 is 0 Å². The minimum Gasteiger partial charge on any atom is -0.468 e. The zero-order valence-corrected chi connectivity index (χ0v) is 21.8.